The largest absolute Gasteiger partial charge is 0.376 e. The number of nitrogens with zero attached hydrogens (tertiary/aromatic N) is 1. The molecule has 2 atom stereocenters. The minimum atomic E-state index is 0.0158. The molecule has 1 aromatic rings. The van der Waals surface area contributed by atoms with Crippen molar-refractivity contribution < 1.29 is 14.3 Å². The predicted octanol–water partition coefficient (Wildman–Crippen LogP) is 3.04. The van der Waals surface area contributed by atoms with Crippen LogP contribution in [0.4, 0.5) is 5.69 Å². The number of hydrogen-bond acceptors (Lipinski definition) is 4. The van der Waals surface area contributed by atoms with Gasteiger partial charge in [0.25, 0.3) is 5.91 Å². The van der Waals surface area contributed by atoms with E-state index in [1.807, 2.05) is 43.0 Å². The summed E-state index contributed by atoms with van der Waals surface area (Å²) in [4.78, 5) is 26.6. The Bertz CT molecular complexity index is 645. The summed E-state index contributed by atoms with van der Waals surface area (Å²) in [6, 6.07) is 7.34. The summed E-state index contributed by atoms with van der Waals surface area (Å²) >= 11 is 0. The van der Waals surface area contributed by atoms with Crippen LogP contribution in [0, 0.1) is 5.92 Å². The number of nitrogens with one attached hydrogen (secondary N) is 2. The quantitative estimate of drug-likeness (QED) is 0.787. The van der Waals surface area contributed by atoms with Crippen molar-refractivity contribution in [3.63, 3.8) is 0 Å². The van der Waals surface area contributed by atoms with E-state index in [0.29, 0.717) is 24.6 Å². The average molecular weight is 388 g/mol. The molecule has 28 heavy (non-hydrogen) atoms. The van der Waals surface area contributed by atoms with Crippen molar-refractivity contribution in [2.24, 2.45) is 5.92 Å². The molecule has 0 aromatic heterocycles. The van der Waals surface area contributed by atoms with Crippen molar-refractivity contribution in [3.8, 4) is 0 Å². The molecule has 1 aliphatic carbocycles. The number of benzene rings is 1. The number of carbonyl (C=O) groups excluding carboxylic acids is 2. The highest BCUT2D eigenvalue weighted by molar-refractivity contribution is 5.94. The van der Waals surface area contributed by atoms with Crippen LogP contribution in [-0.2, 0) is 9.53 Å². The van der Waals surface area contributed by atoms with Crippen LogP contribution < -0.4 is 10.6 Å². The fraction of sp³-hybridized carbons (Fsp3) is 0.636. The van der Waals surface area contributed by atoms with Gasteiger partial charge in [-0.05, 0) is 56.9 Å². The van der Waals surface area contributed by atoms with Gasteiger partial charge in [-0.3, -0.25) is 9.59 Å². The van der Waals surface area contributed by atoms with Crippen molar-refractivity contribution in [2.75, 3.05) is 31.5 Å². The predicted molar refractivity (Wildman–Crippen MR) is 110 cm³/mol. The maximum Gasteiger partial charge on any atom is 0.254 e. The minimum absolute atomic E-state index is 0.0158. The summed E-state index contributed by atoms with van der Waals surface area (Å²) in [6.45, 7) is 6.24. The second-order valence-corrected chi connectivity index (χ2v) is 8.21. The number of ether oxygens (including phenoxy) is 1. The summed E-state index contributed by atoms with van der Waals surface area (Å²) in [5.41, 5.74) is 1.50. The lowest BCUT2D eigenvalue weighted by Crippen LogP contribution is -2.48. The molecule has 6 nitrogen and oxygen atoms in total. The van der Waals surface area contributed by atoms with Crippen molar-refractivity contribution >= 4 is 17.5 Å². The van der Waals surface area contributed by atoms with Crippen molar-refractivity contribution in [2.45, 2.75) is 58.2 Å². The fourth-order valence-electron chi connectivity index (χ4n) is 4.15. The summed E-state index contributed by atoms with van der Waals surface area (Å²) < 4.78 is 5.69. The van der Waals surface area contributed by atoms with Gasteiger partial charge in [0, 0.05) is 30.9 Å². The highest BCUT2D eigenvalue weighted by Crippen LogP contribution is 2.22. The van der Waals surface area contributed by atoms with E-state index in [1.54, 1.807) is 0 Å². The van der Waals surface area contributed by atoms with Gasteiger partial charge in [-0.2, -0.15) is 0 Å². The summed E-state index contributed by atoms with van der Waals surface area (Å²) in [6.07, 6.45) is 6.46. The third-order valence-corrected chi connectivity index (χ3v) is 5.60. The van der Waals surface area contributed by atoms with Gasteiger partial charge in [0.15, 0.2) is 0 Å². The van der Waals surface area contributed by atoms with E-state index in [4.69, 9.17) is 4.74 Å². The number of anilines is 1. The Morgan fingerprint density at radius 1 is 1.04 bits per heavy atom. The van der Waals surface area contributed by atoms with Crippen LogP contribution in [-0.4, -0.2) is 55.1 Å². The summed E-state index contributed by atoms with van der Waals surface area (Å²) in [5.74, 6) is 0.675. The normalized spacial score (nSPS) is 23.3. The standard InChI is InChI=1S/C22H33N3O3/c1-16-14-25(15-17(2)28-16)22(27)19-8-10-20(11-9-19)23-13-21(26)24-12-18-6-4-3-5-7-18/h8-11,16-18,23H,3-7,12-15H2,1-2H3,(H,24,26). The molecule has 6 heteroatoms. The van der Waals surface area contributed by atoms with Crippen LogP contribution in [0.5, 0.6) is 0 Å². The van der Waals surface area contributed by atoms with Gasteiger partial charge in [0.2, 0.25) is 5.91 Å². The Hall–Kier alpha value is -2.08. The first-order valence-electron chi connectivity index (χ1n) is 10.6. The maximum atomic E-state index is 12.7. The maximum absolute atomic E-state index is 12.7. The van der Waals surface area contributed by atoms with Gasteiger partial charge in [0.05, 0.1) is 18.8 Å². The first-order valence-corrected chi connectivity index (χ1v) is 10.6. The lowest BCUT2D eigenvalue weighted by atomic mass is 9.89. The molecular formula is C22H33N3O3. The smallest absolute Gasteiger partial charge is 0.254 e. The van der Waals surface area contributed by atoms with Gasteiger partial charge in [0.1, 0.15) is 0 Å². The molecule has 2 unspecified atom stereocenters. The van der Waals surface area contributed by atoms with E-state index < -0.39 is 0 Å². The van der Waals surface area contributed by atoms with Gasteiger partial charge in [-0.1, -0.05) is 19.3 Å². The molecule has 2 aliphatic rings. The van der Waals surface area contributed by atoms with E-state index in [-0.39, 0.29) is 30.6 Å². The zero-order valence-electron chi connectivity index (χ0n) is 17.1. The Kier molecular flexibility index (Phi) is 7.31. The Morgan fingerprint density at radius 3 is 2.32 bits per heavy atom. The van der Waals surface area contributed by atoms with Crippen LogP contribution in [0.15, 0.2) is 24.3 Å². The number of hydrogen-bond donors (Lipinski definition) is 2. The topological polar surface area (TPSA) is 70.7 Å². The molecule has 1 aromatic carbocycles. The van der Waals surface area contributed by atoms with E-state index in [0.717, 1.165) is 12.2 Å². The third-order valence-electron chi connectivity index (χ3n) is 5.60. The first-order chi connectivity index (χ1) is 13.5. The fourth-order valence-corrected chi connectivity index (χ4v) is 4.15. The molecule has 1 saturated carbocycles. The van der Waals surface area contributed by atoms with Crippen molar-refractivity contribution in [1.29, 1.82) is 0 Å². The molecule has 1 heterocycles. The zero-order chi connectivity index (χ0) is 19.9. The van der Waals surface area contributed by atoms with E-state index in [9.17, 15) is 9.59 Å². The number of rotatable bonds is 6. The van der Waals surface area contributed by atoms with E-state index >= 15 is 0 Å². The zero-order valence-corrected chi connectivity index (χ0v) is 17.1. The molecule has 0 spiro atoms. The Balaban J connectivity index is 1.43. The minimum Gasteiger partial charge on any atom is -0.376 e. The third kappa shape index (κ3) is 5.96. The summed E-state index contributed by atoms with van der Waals surface area (Å²) in [5, 5.41) is 6.16. The van der Waals surface area contributed by atoms with E-state index in [1.165, 1.54) is 32.1 Å². The van der Waals surface area contributed by atoms with Gasteiger partial charge < -0.3 is 20.3 Å². The van der Waals surface area contributed by atoms with Gasteiger partial charge in [-0.15, -0.1) is 0 Å². The highest BCUT2D eigenvalue weighted by atomic mass is 16.5. The molecule has 154 valence electrons. The Labute approximate surface area is 168 Å². The summed E-state index contributed by atoms with van der Waals surface area (Å²) in [7, 11) is 0. The van der Waals surface area contributed by atoms with Gasteiger partial charge in [-0.25, -0.2) is 0 Å². The van der Waals surface area contributed by atoms with Crippen LogP contribution >= 0.6 is 0 Å². The lowest BCUT2D eigenvalue weighted by Gasteiger charge is -2.35. The highest BCUT2D eigenvalue weighted by Gasteiger charge is 2.26. The van der Waals surface area contributed by atoms with Crippen LogP contribution in [0.2, 0.25) is 0 Å². The SMILES string of the molecule is CC1CN(C(=O)c2ccc(NCC(=O)NCC3CCCCC3)cc2)CC(C)O1. The van der Waals surface area contributed by atoms with Crippen LogP contribution in [0.1, 0.15) is 56.3 Å². The molecule has 0 bridgehead atoms. The average Bonchev–Trinajstić information content (AvgIpc) is 2.70. The molecule has 1 saturated heterocycles. The van der Waals surface area contributed by atoms with Gasteiger partial charge >= 0.3 is 0 Å². The first kappa shape index (κ1) is 20.6. The molecule has 2 N–H and O–H groups in total. The number of morpholine rings is 1. The van der Waals surface area contributed by atoms with Crippen molar-refractivity contribution in [1.82, 2.24) is 10.2 Å². The van der Waals surface area contributed by atoms with E-state index in [2.05, 4.69) is 10.6 Å². The van der Waals surface area contributed by atoms with Crippen molar-refractivity contribution in [3.05, 3.63) is 29.8 Å². The second kappa shape index (κ2) is 9.92. The molecule has 0 radical (unpaired) electrons. The van der Waals surface area contributed by atoms with Crippen LogP contribution in [0.3, 0.4) is 0 Å². The van der Waals surface area contributed by atoms with Crippen LogP contribution in [0.25, 0.3) is 0 Å². The molecule has 2 fully saturated rings. The molecular weight excluding hydrogens is 354 g/mol. The molecule has 2 amide bonds. The number of amides is 2. The second-order valence-electron chi connectivity index (χ2n) is 8.21. The molecule has 3 rings (SSSR count). The monoisotopic (exact) mass is 387 g/mol. The molecule has 1 aliphatic heterocycles. The lowest BCUT2D eigenvalue weighted by molar-refractivity contribution is -0.119. The number of carbonyl (C=O) groups is 2. The Morgan fingerprint density at radius 2 is 1.68 bits per heavy atom.